The number of alkyl halides is 6. The maximum absolute atomic E-state index is 12.5. The molecule has 0 saturated heterocycles. The minimum absolute atomic E-state index is 0.0574. The molecule has 0 atom stereocenters. The van der Waals surface area contributed by atoms with Crippen LogP contribution in [0.2, 0.25) is 0 Å². The van der Waals surface area contributed by atoms with E-state index in [2.05, 4.69) is 0 Å². The Balaban J connectivity index is 1.99. The zero-order valence-electron chi connectivity index (χ0n) is 17.2. The van der Waals surface area contributed by atoms with Crippen LogP contribution in [0.4, 0.5) is 37.7 Å². The summed E-state index contributed by atoms with van der Waals surface area (Å²) in [5.41, 5.74) is 1.16. The van der Waals surface area contributed by atoms with Gasteiger partial charge in [-0.15, -0.1) is 0 Å². The van der Waals surface area contributed by atoms with Gasteiger partial charge < -0.3 is 15.1 Å². The number of anilines is 2. The Morgan fingerprint density at radius 2 is 1.21 bits per heavy atom. The molecule has 2 N–H and O–H groups in total. The van der Waals surface area contributed by atoms with Crippen molar-refractivity contribution in [2.24, 2.45) is 0 Å². The summed E-state index contributed by atoms with van der Waals surface area (Å²) in [6.45, 7) is 2.24. The van der Waals surface area contributed by atoms with E-state index in [0.717, 1.165) is 11.8 Å². The molecule has 1 aliphatic heterocycles. The summed E-state index contributed by atoms with van der Waals surface area (Å²) in [6.07, 6.45) is -10.2. The van der Waals surface area contributed by atoms with Gasteiger partial charge in [-0.05, 0) is 43.3 Å². The number of aliphatic hydroxyl groups excluding tert-OH is 2. The van der Waals surface area contributed by atoms with Gasteiger partial charge in [-0.25, -0.2) is 0 Å². The molecule has 1 heterocycles. The number of ketones is 2. The second kappa shape index (κ2) is 9.09. The summed E-state index contributed by atoms with van der Waals surface area (Å²) in [4.78, 5) is 25.0. The number of halogens is 6. The van der Waals surface area contributed by atoms with E-state index >= 15 is 0 Å². The molecule has 5 nitrogen and oxygen atoms in total. The molecule has 0 radical (unpaired) electrons. The number of hydrogen-bond donors (Lipinski definition) is 2. The van der Waals surface area contributed by atoms with Crippen LogP contribution in [-0.4, -0.2) is 40.7 Å². The maximum atomic E-state index is 12.5. The van der Waals surface area contributed by atoms with Crippen LogP contribution in [0, 0.1) is 0 Å². The lowest BCUT2D eigenvalue weighted by molar-refractivity contribution is -0.165. The summed E-state index contributed by atoms with van der Waals surface area (Å²) in [6, 6.07) is 8.48. The third-order valence-electron chi connectivity index (χ3n) is 4.72. The van der Waals surface area contributed by atoms with Crippen LogP contribution in [0.5, 0.6) is 0 Å². The fourth-order valence-corrected chi connectivity index (χ4v) is 4.30. The molecule has 0 saturated carbocycles. The first-order chi connectivity index (χ1) is 15.7. The molecule has 0 aliphatic carbocycles. The zero-order chi connectivity index (χ0) is 25.4. The minimum Gasteiger partial charge on any atom is -0.507 e. The Labute approximate surface area is 193 Å². The summed E-state index contributed by atoms with van der Waals surface area (Å²) >= 11 is 1.08. The number of carbonyl (C=O) groups excluding carboxylic acids is 2. The summed E-state index contributed by atoms with van der Waals surface area (Å²) in [5, 5.41) is 20.0. The van der Waals surface area contributed by atoms with Crippen molar-refractivity contribution in [3.63, 3.8) is 0 Å². The Bertz CT molecular complexity index is 1130. The van der Waals surface area contributed by atoms with Crippen molar-refractivity contribution < 1.29 is 46.1 Å². The Morgan fingerprint density at radius 1 is 0.824 bits per heavy atom. The lowest BCUT2D eigenvalue weighted by Gasteiger charge is -2.32. The van der Waals surface area contributed by atoms with Gasteiger partial charge in [0.05, 0.1) is 11.4 Å². The highest BCUT2D eigenvalue weighted by molar-refractivity contribution is 7.99. The first-order valence-electron chi connectivity index (χ1n) is 9.50. The van der Waals surface area contributed by atoms with Crippen molar-refractivity contribution in [1.82, 2.24) is 0 Å². The second-order valence-electron chi connectivity index (χ2n) is 6.99. The van der Waals surface area contributed by atoms with E-state index < -0.39 is 35.4 Å². The average Bonchev–Trinajstić information content (AvgIpc) is 2.75. The molecule has 0 unspecified atom stereocenters. The molecule has 0 amide bonds. The molecule has 0 aromatic heterocycles. The van der Waals surface area contributed by atoms with Crippen LogP contribution in [-0.2, 0) is 9.59 Å². The van der Waals surface area contributed by atoms with Crippen molar-refractivity contribution in [3.8, 4) is 0 Å². The fourth-order valence-electron chi connectivity index (χ4n) is 3.12. The quantitative estimate of drug-likeness (QED) is 0.281. The third-order valence-corrected chi connectivity index (χ3v) is 5.82. The van der Waals surface area contributed by atoms with Crippen LogP contribution in [0.25, 0.3) is 11.5 Å². The molecule has 0 bridgehead atoms. The molecule has 1 aliphatic rings. The van der Waals surface area contributed by atoms with Crippen LogP contribution in [0.1, 0.15) is 18.1 Å². The third kappa shape index (κ3) is 5.22. The number of rotatable bonds is 5. The summed E-state index contributed by atoms with van der Waals surface area (Å²) in [5.74, 6) is -6.23. The van der Waals surface area contributed by atoms with Crippen molar-refractivity contribution >= 4 is 46.2 Å². The number of allylic oxidation sites excluding steroid dienone is 2. The summed E-state index contributed by atoms with van der Waals surface area (Å²) < 4.78 is 74.9. The molecule has 34 heavy (non-hydrogen) atoms. The van der Waals surface area contributed by atoms with E-state index in [0.29, 0.717) is 27.7 Å². The first-order valence-corrected chi connectivity index (χ1v) is 10.3. The van der Waals surface area contributed by atoms with Crippen molar-refractivity contribution in [1.29, 1.82) is 0 Å². The Kier molecular flexibility index (Phi) is 6.74. The van der Waals surface area contributed by atoms with Crippen molar-refractivity contribution in [3.05, 3.63) is 59.7 Å². The minimum atomic E-state index is -5.14. The van der Waals surface area contributed by atoms with Gasteiger partial charge in [0.25, 0.3) is 11.6 Å². The van der Waals surface area contributed by atoms with Crippen molar-refractivity contribution in [2.45, 2.75) is 29.1 Å². The second-order valence-corrected chi connectivity index (χ2v) is 8.08. The monoisotopic (exact) mass is 503 g/mol. The maximum Gasteiger partial charge on any atom is 0.454 e. The molecule has 0 fully saturated rings. The number of benzene rings is 2. The number of hydrogen-bond acceptors (Lipinski definition) is 6. The number of aliphatic hydroxyl groups is 2. The molecule has 3 rings (SSSR count). The smallest absolute Gasteiger partial charge is 0.454 e. The van der Waals surface area contributed by atoms with E-state index in [1.807, 2.05) is 6.92 Å². The topological polar surface area (TPSA) is 77.8 Å². The molecule has 2 aromatic carbocycles. The average molecular weight is 503 g/mol. The lowest BCUT2D eigenvalue weighted by atomic mass is 10.1. The van der Waals surface area contributed by atoms with Crippen LogP contribution in [0.3, 0.4) is 0 Å². The van der Waals surface area contributed by atoms with Crippen molar-refractivity contribution in [2.75, 3.05) is 11.4 Å². The molecule has 2 aromatic rings. The lowest BCUT2D eigenvalue weighted by Crippen LogP contribution is -2.21. The molecule has 12 heteroatoms. The zero-order valence-corrected chi connectivity index (χ0v) is 18.0. The highest BCUT2D eigenvalue weighted by atomic mass is 32.2. The van der Waals surface area contributed by atoms with E-state index in [1.54, 1.807) is 17.0 Å². The predicted octanol–water partition coefficient (Wildman–Crippen LogP) is 6.37. The number of carbonyl (C=O) groups is 2. The first kappa shape index (κ1) is 25.2. The largest absolute Gasteiger partial charge is 0.507 e. The number of fused-ring (bicyclic) bond motifs is 2. The molecule has 180 valence electrons. The predicted molar refractivity (Wildman–Crippen MR) is 113 cm³/mol. The van der Waals surface area contributed by atoms with Gasteiger partial charge in [-0.1, -0.05) is 11.8 Å². The van der Waals surface area contributed by atoms with Gasteiger partial charge in [0, 0.05) is 39.6 Å². The standard InChI is InChI=1S/C22H15F6NO4S/c1-2-29-13-5-3-11(15(30)9-19(32)21(23,24)25)7-17(13)34-18-8-12(4-6-14(18)29)16(31)10-20(33)22(26,27)28/h3-10,30-31H,2H2,1H3/b15-9-,16-10+. The Morgan fingerprint density at radius 3 is 1.53 bits per heavy atom. The fraction of sp³-hybridized carbons (Fsp3) is 0.182. The van der Waals surface area contributed by atoms with Gasteiger partial charge in [0.1, 0.15) is 11.5 Å². The van der Waals surface area contributed by atoms with Crippen LogP contribution < -0.4 is 4.90 Å². The van der Waals surface area contributed by atoms with Crippen LogP contribution >= 0.6 is 11.8 Å². The van der Waals surface area contributed by atoms with Gasteiger partial charge in [-0.3, -0.25) is 9.59 Å². The molecular formula is C22H15F6NO4S. The van der Waals surface area contributed by atoms with E-state index in [4.69, 9.17) is 0 Å². The van der Waals surface area contributed by atoms with Crippen LogP contribution in [0.15, 0.2) is 58.3 Å². The van der Waals surface area contributed by atoms with Gasteiger partial charge in [-0.2, -0.15) is 26.3 Å². The van der Waals surface area contributed by atoms with E-state index in [1.165, 1.54) is 24.3 Å². The normalized spacial score (nSPS) is 14.5. The number of nitrogens with zero attached hydrogens (tertiary/aromatic N) is 1. The highest BCUT2D eigenvalue weighted by Crippen LogP contribution is 2.49. The molecular weight excluding hydrogens is 488 g/mol. The van der Waals surface area contributed by atoms with Gasteiger partial charge in [0.2, 0.25) is 0 Å². The highest BCUT2D eigenvalue weighted by Gasteiger charge is 2.38. The van der Waals surface area contributed by atoms with Gasteiger partial charge in [0.15, 0.2) is 0 Å². The van der Waals surface area contributed by atoms with E-state index in [9.17, 15) is 46.1 Å². The van der Waals surface area contributed by atoms with E-state index in [-0.39, 0.29) is 23.3 Å². The summed E-state index contributed by atoms with van der Waals surface area (Å²) in [7, 11) is 0. The SMILES string of the molecule is CCN1c2ccc(/C(O)=C/C(=O)C(F)(F)F)cc2Sc2cc(/C(O)=C\C(=O)C(F)(F)F)ccc21. The van der Waals surface area contributed by atoms with Gasteiger partial charge >= 0.3 is 12.4 Å². The molecule has 0 spiro atoms. The Hall–Kier alpha value is -3.41.